The van der Waals surface area contributed by atoms with Crippen molar-refractivity contribution in [1.29, 1.82) is 0 Å². The van der Waals surface area contributed by atoms with Crippen LogP contribution in [0.25, 0.3) is 23.0 Å². The smallest absolute Gasteiger partial charge is 0.338 e. The van der Waals surface area contributed by atoms with Crippen LogP contribution in [0.1, 0.15) is 31.0 Å². The number of rotatable bonds is 8. The standard InChI is InChI=1S/C34H30N4O4S2/c1-5-42-33(40)29-21(2)35-34-38(31(29)23-13-17-27(43-4)18-14-23)32(39)28(44-34)19-24-20-37(25-9-7-6-8-10-25)36-30(24)22-11-15-26(41-3)16-12-22/h6-20,31H,5H2,1-4H3. The van der Waals surface area contributed by atoms with Gasteiger partial charge in [0.2, 0.25) is 0 Å². The average molecular weight is 623 g/mol. The Labute approximate surface area is 262 Å². The van der Waals surface area contributed by atoms with Gasteiger partial charge in [-0.05, 0) is 80.3 Å². The van der Waals surface area contributed by atoms with Crippen molar-refractivity contribution in [2.75, 3.05) is 20.0 Å². The van der Waals surface area contributed by atoms with Crippen LogP contribution in [0.2, 0.25) is 0 Å². The number of fused-ring (bicyclic) bond motifs is 1. The molecule has 5 aromatic rings. The van der Waals surface area contributed by atoms with E-state index in [9.17, 15) is 9.59 Å². The number of methoxy groups -OCH3 is 1. The first-order valence-corrected chi connectivity index (χ1v) is 16.1. The molecule has 3 aromatic carbocycles. The Morgan fingerprint density at radius 1 is 1.05 bits per heavy atom. The maximum atomic E-state index is 14.2. The van der Waals surface area contributed by atoms with Gasteiger partial charge >= 0.3 is 5.97 Å². The number of para-hydroxylation sites is 1. The van der Waals surface area contributed by atoms with Gasteiger partial charge in [0.05, 0.1) is 41.2 Å². The van der Waals surface area contributed by atoms with Crippen molar-refractivity contribution in [2.24, 2.45) is 4.99 Å². The Balaban J connectivity index is 1.54. The highest BCUT2D eigenvalue weighted by atomic mass is 32.2. The van der Waals surface area contributed by atoms with Crippen LogP contribution in [-0.2, 0) is 9.53 Å². The highest BCUT2D eigenvalue weighted by Crippen LogP contribution is 2.32. The van der Waals surface area contributed by atoms with Gasteiger partial charge in [-0.2, -0.15) is 5.10 Å². The summed E-state index contributed by atoms with van der Waals surface area (Å²) < 4.78 is 14.7. The molecule has 0 saturated carbocycles. The van der Waals surface area contributed by atoms with Crippen molar-refractivity contribution in [3.8, 4) is 22.7 Å². The molecule has 0 spiro atoms. The molecular weight excluding hydrogens is 593 g/mol. The Hall–Kier alpha value is -4.67. The molecule has 0 bridgehead atoms. The fourth-order valence-corrected chi connectivity index (χ4v) is 6.66. The van der Waals surface area contributed by atoms with E-state index in [1.54, 1.807) is 37.3 Å². The summed E-state index contributed by atoms with van der Waals surface area (Å²) in [5.41, 5.74) is 4.73. The summed E-state index contributed by atoms with van der Waals surface area (Å²) in [6.45, 7) is 3.78. The zero-order valence-corrected chi connectivity index (χ0v) is 26.3. The zero-order valence-electron chi connectivity index (χ0n) is 24.7. The molecule has 1 aliphatic rings. The molecule has 0 fully saturated rings. The van der Waals surface area contributed by atoms with Gasteiger partial charge in [0.25, 0.3) is 5.56 Å². The van der Waals surface area contributed by atoms with Crippen LogP contribution in [0, 0.1) is 0 Å². The third-order valence-electron chi connectivity index (χ3n) is 7.36. The fourth-order valence-electron chi connectivity index (χ4n) is 5.21. The molecule has 0 radical (unpaired) electrons. The molecule has 0 aliphatic carbocycles. The number of allylic oxidation sites excluding steroid dienone is 1. The maximum Gasteiger partial charge on any atom is 0.338 e. The first-order chi connectivity index (χ1) is 21.4. The lowest BCUT2D eigenvalue weighted by Gasteiger charge is -2.24. The lowest BCUT2D eigenvalue weighted by Crippen LogP contribution is -2.39. The van der Waals surface area contributed by atoms with E-state index in [4.69, 9.17) is 19.6 Å². The monoisotopic (exact) mass is 622 g/mol. The van der Waals surface area contributed by atoms with Crippen molar-refractivity contribution < 1.29 is 14.3 Å². The summed E-state index contributed by atoms with van der Waals surface area (Å²) in [7, 11) is 1.63. The molecular formula is C34H30N4O4S2. The topological polar surface area (TPSA) is 87.7 Å². The number of hydrogen-bond donors (Lipinski definition) is 0. The van der Waals surface area contributed by atoms with Crippen LogP contribution in [0.15, 0.2) is 111 Å². The minimum absolute atomic E-state index is 0.220. The van der Waals surface area contributed by atoms with E-state index >= 15 is 0 Å². The molecule has 0 amide bonds. The minimum Gasteiger partial charge on any atom is -0.497 e. The number of carbonyl (C=O) groups is 1. The minimum atomic E-state index is -0.670. The van der Waals surface area contributed by atoms with E-state index in [1.165, 1.54) is 11.3 Å². The third kappa shape index (κ3) is 5.54. The average Bonchev–Trinajstić information content (AvgIpc) is 3.61. The number of thiazole rings is 1. The highest BCUT2D eigenvalue weighted by Gasteiger charge is 2.33. The van der Waals surface area contributed by atoms with Gasteiger partial charge in [0.1, 0.15) is 11.4 Å². The van der Waals surface area contributed by atoms with Crippen LogP contribution < -0.4 is 19.6 Å². The lowest BCUT2D eigenvalue weighted by molar-refractivity contribution is -0.139. The summed E-state index contributed by atoms with van der Waals surface area (Å²) in [6.07, 6.45) is 5.78. The first kappa shape index (κ1) is 29.4. The second-order valence-corrected chi connectivity index (χ2v) is 11.9. The molecule has 0 saturated heterocycles. The number of nitrogens with zero attached hydrogens (tertiary/aromatic N) is 4. The van der Waals surface area contributed by atoms with Gasteiger partial charge in [-0.15, -0.1) is 11.8 Å². The largest absolute Gasteiger partial charge is 0.497 e. The van der Waals surface area contributed by atoms with Crippen LogP contribution in [0.4, 0.5) is 0 Å². The molecule has 10 heteroatoms. The summed E-state index contributed by atoms with van der Waals surface area (Å²) in [5.74, 6) is 0.261. The Morgan fingerprint density at radius 3 is 2.43 bits per heavy atom. The predicted molar refractivity (Wildman–Crippen MR) is 174 cm³/mol. The van der Waals surface area contributed by atoms with Crippen LogP contribution in [0.5, 0.6) is 5.75 Å². The molecule has 2 aromatic heterocycles. The molecule has 1 unspecified atom stereocenters. The highest BCUT2D eigenvalue weighted by molar-refractivity contribution is 7.98. The first-order valence-electron chi connectivity index (χ1n) is 14.0. The zero-order chi connectivity index (χ0) is 30.8. The summed E-state index contributed by atoms with van der Waals surface area (Å²) in [5, 5.41) is 4.91. The van der Waals surface area contributed by atoms with Crippen molar-refractivity contribution in [3.05, 3.63) is 127 Å². The maximum absolute atomic E-state index is 14.2. The van der Waals surface area contributed by atoms with E-state index in [1.807, 2.05) is 102 Å². The third-order valence-corrected chi connectivity index (χ3v) is 9.09. The number of thioether (sulfide) groups is 1. The molecule has 3 heterocycles. The predicted octanol–water partition coefficient (Wildman–Crippen LogP) is 5.38. The van der Waals surface area contributed by atoms with E-state index in [0.717, 1.165) is 38.7 Å². The lowest BCUT2D eigenvalue weighted by atomic mass is 9.96. The molecule has 0 N–H and O–H groups in total. The summed E-state index contributed by atoms with van der Waals surface area (Å²) >= 11 is 2.92. The van der Waals surface area contributed by atoms with Crippen LogP contribution in [-0.4, -0.2) is 40.3 Å². The van der Waals surface area contributed by atoms with Gasteiger partial charge in [-0.3, -0.25) is 9.36 Å². The van der Waals surface area contributed by atoms with Gasteiger partial charge in [0.15, 0.2) is 4.80 Å². The fraction of sp³-hybridized carbons (Fsp3) is 0.176. The number of carbonyl (C=O) groups excluding carboxylic acids is 1. The van der Waals surface area contributed by atoms with Gasteiger partial charge in [-0.1, -0.05) is 41.7 Å². The number of benzene rings is 3. The Morgan fingerprint density at radius 2 is 1.77 bits per heavy atom. The van der Waals surface area contributed by atoms with Crippen LogP contribution >= 0.6 is 23.1 Å². The summed E-state index contributed by atoms with van der Waals surface area (Å²) in [4.78, 5) is 33.8. The molecule has 6 rings (SSSR count). The molecule has 1 atom stereocenters. The molecule has 8 nitrogen and oxygen atoms in total. The molecule has 1 aliphatic heterocycles. The van der Waals surface area contributed by atoms with E-state index in [-0.39, 0.29) is 12.2 Å². The number of aromatic nitrogens is 3. The number of esters is 1. The van der Waals surface area contributed by atoms with E-state index < -0.39 is 12.0 Å². The van der Waals surface area contributed by atoms with Crippen molar-refractivity contribution in [3.63, 3.8) is 0 Å². The van der Waals surface area contributed by atoms with Gasteiger partial charge < -0.3 is 9.47 Å². The number of hydrogen-bond acceptors (Lipinski definition) is 8. The van der Waals surface area contributed by atoms with E-state index in [0.29, 0.717) is 20.6 Å². The van der Waals surface area contributed by atoms with Crippen molar-refractivity contribution in [1.82, 2.24) is 14.3 Å². The Bertz CT molecular complexity index is 2040. The van der Waals surface area contributed by atoms with E-state index in [2.05, 4.69) is 0 Å². The van der Waals surface area contributed by atoms with Crippen molar-refractivity contribution in [2.45, 2.75) is 24.8 Å². The summed E-state index contributed by atoms with van der Waals surface area (Å²) in [6, 6.07) is 24.7. The second kappa shape index (κ2) is 12.5. The van der Waals surface area contributed by atoms with Gasteiger partial charge in [0, 0.05) is 22.2 Å². The molecule has 44 heavy (non-hydrogen) atoms. The number of ether oxygens (including phenoxy) is 2. The molecule has 222 valence electrons. The Kier molecular flexibility index (Phi) is 8.36. The quantitative estimate of drug-likeness (QED) is 0.171. The second-order valence-electron chi connectivity index (χ2n) is 10.0. The normalized spacial score (nSPS) is 14.7. The SMILES string of the molecule is CCOC(=O)C1=C(C)N=c2sc(=Cc3cn(-c4ccccc4)nc3-c3ccc(OC)cc3)c(=O)n2C1c1ccc(SC)cc1. The van der Waals surface area contributed by atoms with Gasteiger partial charge in [-0.25, -0.2) is 14.5 Å². The van der Waals surface area contributed by atoms with Crippen molar-refractivity contribution >= 4 is 35.1 Å². The van der Waals surface area contributed by atoms with Crippen LogP contribution in [0.3, 0.4) is 0 Å².